The molecule has 0 amide bonds. The Bertz CT molecular complexity index is 1560. The third-order valence-corrected chi connectivity index (χ3v) is 6.53. The van der Waals surface area contributed by atoms with E-state index in [0.717, 1.165) is 33.7 Å². The zero-order valence-electron chi connectivity index (χ0n) is 21.2. The number of rotatable bonds is 6. The van der Waals surface area contributed by atoms with Crippen LogP contribution in [0.2, 0.25) is 0 Å². The molecule has 0 N–H and O–H groups in total. The van der Waals surface area contributed by atoms with Crippen LogP contribution in [0.25, 0.3) is 22.4 Å². The maximum atomic E-state index is 12.9. The number of aryl methyl sites for hydroxylation is 1. The van der Waals surface area contributed by atoms with Crippen molar-refractivity contribution in [2.45, 2.75) is 39.3 Å². The average molecular weight is 478 g/mol. The van der Waals surface area contributed by atoms with Crippen molar-refractivity contribution in [3.05, 3.63) is 118 Å². The van der Waals surface area contributed by atoms with Crippen molar-refractivity contribution in [3.63, 3.8) is 0 Å². The van der Waals surface area contributed by atoms with E-state index < -0.39 is 0 Å². The van der Waals surface area contributed by atoms with Gasteiger partial charge in [0, 0.05) is 24.4 Å². The normalized spacial score (nSPS) is 11.7. The van der Waals surface area contributed by atoms with E-state index in [0.29, 0.717) is 18.9 Å². The van der Waals surface area contributed by atoms with E-state index in [1.54, 1.807) is 12.3 Å². The fourth-order valence-corrected chi connectivity index (χ4v) is 4.38. The van der Waals surface area contributed by atoms with Gasteiger partial charge >= 0.3 is 0 Å². The van der Waals surface area contributed by atoms with Gasteiger partial charge in [-0.25, -0.2) is 4.98 Å². The molecule has 0 atom stereocenters. The molecule has 3 aromatic carbocycles. The molecule has 0 aliphatic carbocycles. The fraction of sp³-hybridized carbons (Fsp3) is 0.226. The highest BCUT2D eigenvalue weighted by Crippen LogP contribution is 2.29. The minimum atomic E-state index is -0.125. The zero-order valence-corrected chi connectivity index (χ0v) is 21.2. The minimum absolute atomic E-state index is 0.0846. The summed E-state index contributed by atoms with van der Waals surface area (Å²) in [4.78, 5) is 17.9. The van der Waals surface area contributed by atoms with Gasteiger partial charge in [-0.1, -0.05) is 87.5 Å². The number of hydrogen-bond acceptors (Lipinski definition) is 3. The first kappa shape index (κ1) is 23.6. The summed E-state index contributed by atoms with van der Waals surface area (Å²) in [7, 11) is 1.95. The van der Waals surface area contributed by atoms with Gasteiger partial charge in [0.1, 0.15) is 12.4 Å². The Kier molecular flexibility index (Phi) is 6.23. The van der Waals surface area contributed by atoms with E-state index >= 15 is 0 Å². The number of aromatic nitrogens is 3. The SMILES string of the molecule is Cn1cc(OCc2ccccc2)c(=O)cc1Cn1c(-c2ccc(C(C)(C)C)cc2)nc2ccccc21. The zero-order chi connectivity index (χ0) is 25.3. The topological polar surface area (TPSA) is 49.0 Å². The van der Waals surface area contributed by atoms with Crippen LogP contribution in [0.4, 0.5) is 0 Å². The van der Waals surface area contributed by atoms with Crippen LogP contribution in [-0.2, 0) is 25.6 Å². The average Bonchev–Trinajstić information content (AvgIpc) is 3.24. The molecule has 0 bridgehead atoms. The lowest BCUT2D eigenvalue weighted by atomic mass is 9.87. The van der Waals surface area contributed by atoms with Crippen LogP contribution in [0.1, 0.15) is 37.6 Å². The second kappa shape index (κ2) is 9.50. The van der Waals surface area contributed by atoms with E-state index in [-0.39, 0.29) is 10.8 Å². The van der Waals surface area contributed by atoms with Crippen LogP contribution in [0.3, 0.4) is 0 Å². The molecule has 0 radical (unpaired) electrons. The van der Waals surface area contributed by atoms with Gasteiger partial charge in [0.25, 0.3) is 0 Å². The summed E-state index contributed by atoms with van der Waals surface area (Å²) in [6.07, 6.45) is 1.78. The molecule has 0 aliphatic rings. The molecule has 182 valence electrons. The maximum absolute atomic E-state index is 12.9. The van der Waals surface area contributed by atoms with Crippen molar-refractivity contribution in [3.8, 4) is 17.1 Å². The van der Waals surface area contributed by atoms with Gasteiger partial charge in [0.05, 0.1) is 23.8 Å². The number of hydrogen-bond donors (Lipinski definition) is 0. The number of imidazole rings is 1. The Morgan fingerprint density at radius 2 is 1.58 bits per heavy atom. The highest BCUT2D eigenvalue weighted by atomic mass is 16.5. The van der Waals surface area contributed by atoms with Crippen molar-refractivity contribution in [1.29, 1.82) is 0 Å². The van der Waals surface area contributed by atoms with Gasteiger partial charge in [0.2, 0.25) is 5.43 Å². The number of pyridine rings is 1. The lowest BCUT2D eigenvalue weighted by Crippen LogP contribution is -2.16. The monoisotopic (exact) mass is 477 g/mol. The lowest BCUT2D eigenvalue weighted by Gasteiger charge is -2.19. The molecule has 0 aliphatic heterocycles. The Morgan fingerprint density at radius 1 is 0.889 bits per heavy atom. The highest BCUT2D eigenvalue weighted by Gasteiger charge is 2.17. The standard InChI is InChI=1S/C31H31N3O2/c1-31(2,3)24-16-14-23(15-17-24)30-32-26-12-8-9-13-27(26)34(30)19-25-18-28(35)29(20-33(25)4)36-21-22-10-6-5-7-11-22/h5-18,20H,19,21H2,1-4H3. The summed E-state index contributed by atoms with van der Waals surface area (Å²) >= 11 is 0. The Morgan fingerprint density at radius 3 is 2.31 bits per heavy atom. The van der Waals surface area contributed by atoms with Gasteiger partial charge in [-0.15, -0.1) is 0 Å². The Hall–Kier alpha value is -4.12. The van der Waals surface area contributed by atoms with E-state index in [1.165, 1.54) is 5.56 Å². The molecule has 0 spiro atoms. The molecule has 0 saturated heterocycles. The molecular weight excluding hydrogens is 446 g/mol. The third kappa shape index (κ3) is 4.82. The van der Waals surface area contributed by atoms with Crippen LogP contribution in [0.5, 0.6) is 5.75 Å². The van der Waals surface area contributed by atoms with Gasteiger partial charge in [-0.2, -0.15) is 0 Å². The first-order chi connectivity index (χ1) is 17.3. The number of fused-ring (bicyclic) bond motifs is 1. The molecule has 2 aromatic heterocycles. The molecule has 36 heavy (non-hydrogen) atoms. The molecule has 5 heteroatoms. The predicted octanol–water partition coefficient (Wildman–Crippen LogP) is 6.33. The predicted molar refractivity (Wildman–Crippen MR) is 145 cm³/mol. The second-order valence-corrected chi connectivity index (χ2v) is 10.2. The summed E-state index contributed by atoms with van der Waals surface area (Å²) in [6, 6.07) is 28.3. The van der Waals surface area contributed by atoms with Crippen molar-refractivity contribution >= 4 is 11.0 Å². The van der Waals surface area contributed by atoms with Crippen molar-refractivity contribution in [1.82, 2.24) is 14.1 Å². The van der Waals surface area contributed by atoms with Crippen LogP contribution in [0.15, 0.2) is 95.9 Å². The van der Waals surface area contributed by atoms with E-state index in [4.69, 9.17) is 9.72 Å². The summed E-state index contributed by atoms with van der Waals surface area (Å²) in [5, 5.41) is 0. The molecule has 0 unspecified atom stereocenters. The van der Waals surface area contributed by atoms with Gasteiger partial charge in [0.15, 0.2) is 5.75 Å². The van der Waals surface area contributed by atoms with Gasteiger partial charge in [-0.05, 0) is 28.7 Å². The first-order valence-corrected chi connectivity index (χ1v) is 12.2. The number of nitrogens with zero attached hydrogens (tertiary/aromatic N) is 3. The first-order valence-electron chi connectivity index (χ1n) is 12.2. The number of benzene rings is 3. The van der Waals surface area contributed by atoms with Crippen LogP contribution < -0.4 is 10.2 Å². The summed E-state index contributed by atoms with van der Waals surface area (Å²) in [5.74, 6) is 1.23. The molecule has 0 saturated carbocycles. The summed E-state index contributed by atoms with van der Waals surface area (Å²) in [5.41, 5.74) is 6.15. The highest BCUT2D eigenvalue weighted by molar-refractivity contribution is 5.80. The summed E-state index contributed by atoms with van der Waals surface area (Å²) in [6.45, 7) is 7.51. The Labute approximate surface area is 211 Å². The molecule has 5 rings (SSSR count). The molecule has 5 nitrogen and oxygen atoms in total. The largest absolute Gasteiger partial charge is 0.483 e. The van der Waals surface area contributed by atoms with Gasteiger partial charge in [-0.3, -0.25) is 4.79 Å². The fourth-order valence-electron chi connectivity index (χ4n) is 4.38. The van der Waals surface area contributed by atoms with Crippen molar-refractivity contribution in [2.24, 2.45) is 7.05 Å². The van der Waals surface area contributed by atoms with Crippen molar-refractivity contribution in [2.75, 3.05) is 0 Å². The third-order valence-electron chi connectivity index (χ3n) is 6.53. The van der Waals surface area contributed by atoms with Gasteiger partial charge < -0.3 is 13.9 Å². The summed E-state index contributed by atoms with van der Waals surface area (Å²) < 4.78 is 9.99. The number of para-hydroxylation sites is 2. The van der Waals surface area contributed by atoms with E-state index in [2.05, 4.69) is 55.7 Å². The number of ether oxygens (including phenoxy) is 1. The van der Waals surface area contributed by atoms with Crippen molar-refractivity contribution < 1.29 is 4.74 Å². The molecule has 0 fully saturated rings. The lowest BCUT2D eigenvalue weighted by molar-refractivity contribution is 0.300. The van der Waals surface area contributed by atoms with Crippen LogP contribution in [-0.4, -0.2) is 14.1 Å². The van der Waals surface area contributed by atoms with E-state index in [9.17, 15) is 4.79 Å². The molecule has 2 heterocycles. The smallest absolute Gasteiger partial charge is 0.223 e. The minimum Gasteiger partial charge on any atom is -0.483 e. The molecular formula is C31H31N3O2. The maximum Gasteiger partial charge on any atom is 0.223 e. The van der Waals surface area contributed by atoms with Crippen LogP contribution in [0, 0.1) is 0 Å². The Balaban J connectivity index is 1.49. The molecule has 5 aromatic rings. The second-order valence-electron chi connectivity index (χ2n) is 10.2. The van der Waals surface area contributed by atoms with Crippen LogP contribution >= 0.6 is 0 Å². The quantitative estimate of drug-likeness (QED) is 0.287. The van der Waals surface area contributed by atoms with E-state index in [1.807, 2.05) is 60.1 Å².